The van der Waals surface area contributed by atoms with E-state index in [-0.39, 0.29) is 40.0 Å². The number of carbonyl (C=O) groups excluding carboxylic acids is 2. The van der Waals surface area contributed by atoms with Gasteiger partial charge in [-0.05, 0) is 38.1 Å². The number of thiazole rings is 2. The van der Waals surface area contributed by atoms with Gasteiger partial charge in [-0.3, -0.25) is 10.1 Å². The molecular formula is C25H25F2N7O3S2. The fourth-order valence-electron chi connectivity index (χ4n) is 3.29. The number of anilines is 3. The van der Waals surface area contributed by atoms with Crippen molar-refractivity contribution in [3.8, 4) is 26.9 Å². The lowest BCUT2D eigenvalue weighted by atomic mass is 10.1. The highest BCUT2D eigenvalue weighted by atomic mass is 32.1. The standard InChI is InChI=1S/C25H25F2N7O3S2/c1-25(2,29)11-30-23(36)34-24-33-20(28)19(39-24)22-32-18(10-38-22)14-8-17(16(27)9-15(14)26)31-21(35)12-5-4-6-13(7-12)37-3/h4-10H,11,28-29H2,1-3H3,(H,31,35)(H2,30,33,34,36). The molecule has 7 N–H and O–H groups in total. The molecule has 0 aliphatic carbocycles. The summed E-state index contributed by atoms with van der Waals surface area (Å²) < 4.78 is 34.4. The minimum Gasteiger partial charge on any atom is -0.497 e. The van der Waals surface area contributed by atoms with Gasteiger partial charge in [-0.2, -0.15) is 0 Å². The molecule has 3 amide bonds. The quantitative estimate of drug-likeness (QED) is 0.200. The first kappa shape index (κ1) is 27.9. The Bertz CT molecular complexity index is 1530. The molecule has 204 valence electrons. The van der Waals surface area contributed by atoms with Crippen molar-refractivity contribution in [3.63, 3.8) is 0 Å². The monoisotopic (exact) mass is 573 g/mol. The smallest absolute Gasteiger partial charge is 0.321 e. The molecule has 4 rings (SSSR count). The first-order valence-corrected chi connectivity index (χ1v) is 13.1. The van der Waals surface area contributed by atoms with Crippen LogP contribution in [-0.2, 0) is 0 Å². The molecule has 0 atom stereocenters. The predicted octanol–water partition coefficient (Wildman–Crippen LogP) is 4.91. The third kappa shape index (κ3) is 6.85. The van der Waals surface area contributed by atoms with Gasteiger partial charge >= 0.3 is 6.03 Å². The molecular weight excluding hydrogens is 548 g/mol. The van der Waals surface area contributed by atoms with Crippen molar-refractivity contribution in [2.75, 3.05) is 30.0 Å². The highest BCUT2D eigenvalue weighted by Crippen LogP contribution is 2.39. The van der Waals surface area contributed by atoms with E-state index in [0.717, 1.165) is 22.7 Å². The average molecular weight is 574 g/mol. The Balaban J connectivity index is 1.54. The highest BCUT2D eigenvalue weighted by Gasteiger charge is 2.20. The van der Waals surface area contributed by atoms with E-state index in [1.807, 2.05) is 0 Å². The predicted molar refractivity (Wildman–Crippen MR) is 149 cm³/mol. The number of nitrogen functional groups attached to an aromatic ring is 1. The summed E-state index contributed by atoms with van der Waals surface area (Å²) in [6.07, 6.45) is 0. The number of aromatic nitrogens is 2. The third-order valence-electron chi connectivity index (χ3n) is 5.19. The van der Waals surface area contributed by atoms with Crippen LogP contribution in [0.15, 0.2) is 41.8 Å². The first-order valence-electron chi connectivity index (χ1n) is 11.4. The van der Waals surface area contributed by atoms with Crippen molar-refractivity contribution in [1.82, 2.24) is 15.3 Å². The molecule has 0 bridgehead atoms. The molecule has 0 saturated carbocycles. The normalized spacial score (nSPS) is 11.2. The van der Waals surface area contributed by atoms with Crippen molar-refractivity contribution in [3.05, 3.63) is 59.0 Å². The summed E-state index contributed by atoms with van der Waals surface area (Å²) in [7, 11) is 1.46. The van der Waals surface area contributed by atoms with E-state index >= 15 is 0 Å². The van der Waals surface area contributed by atoms with Gasteiger partial charge in [-0.1, -0.05) is 17.4 Å². The third-order valence-corrected chi connectivity index (χ3v) is 7.17. The maximum Gasteiger partial charge on any atom is 0.321 e. The summed E-state index contributed by atoms with van der Waals surface area (Å²) in [5, 5.41) is 9.92. The Kier molecular flexibility index (Phi) is 8.09. The van der Waals surface area contributed by atoms with Gasteiger partial charge in [0, 0.05) is 34.7 Å². The summed E-state index contributed by atoms with van der Waals surface area (Å²) in [4.78, 5) is 33.8. The molecule has 2 heterocycles. The van der Waals surface area contributed by atoms with Gasteiger partial charge in [0.2, 0.25) is 0 Å². The van der Waals surface area contributed by atoms with Gasteiger partial charge < -0.3 is 26.8 Å². The Hall–Kier alpha value is -4.14. The maximum absolute atomic E-state index is 14.8. The Labute approximate surface area is 230 Å². The van der Waals surface area contributed by atoms with Crippen LogP contribution >= 0.6 is 22.7 Å². The van der Waals surface area contributed by atoms with E-state index in [4.69, 9.17) is 16.2 Å². The number of urea groups is 1. The van der Waals surface area contributed by atoms with Gasteiger partial charge in [0.1, 0.15) is 33.1 Å². The second-order valence-corrected chi connectivity index (χ2v) is 10.9. The molecule has 2 aromatic carbocycles. The lowest BCUT2D eigenvalue weighted by Gasteiger charge is -2.18. The van der Waals surface area contributed by atoms with Crippen LogP contribution in [0.2, 0.25) is 0 Å². The summed E-state index contributed by atoms with van der Waals surface area (Å²) in [5.74, 6) is -1.81. The van der Waals surface area contributed by atoms with E-state index in [2.05, 4.69) is 25.9 Å². The fourth-order valence-corrected chi connectivity index (χ4v) is 5.09. The Morgan fingerprint density at radius 2 is 1.87 bits per heavy atom. The molecule has 0 saturated heterocycles. The van der Waals surface area contributed by atoms with Crippen LogP contribution in [0.5, 0.6) is 5.75 Å². The van der Waals surface area contributed by atoms with Crippen LogP contribution in [0.3, 0.4) is 0 Å². The minimum absolute atomic E-state index is 0.0231. The molecule has 2 aromatic heterocycles. The number of halogens is 2. The first-order chi connectivity index (χ1) is 18.4. The maximum atomic E-state index is 14.8. The number of nitrogens with two attached hydrogens (primary N) is 2. The van der Waals surface area contributed by atoms with Crippen molar-refractivity contribution < 1.29 is 23.1 Å². The fraction of sp³-hybridized carbons (Fsp3) is 0.200. The summed E-state index contributed by atoms with van der Waals surface area (Å²) in [6, 6.07) is 7.68. The van der Waals surface area contributed by atoms with E-state index in [9.17, 15) is 18.4 Å². The molecule has 0 aliphatic heterocycles. The van der Waals surface area contributed by atoms with Gasteiger partial charge in [0.15, 0.2) is 5.13 Å². The van der Waals surface area contributed by atoms with Crippen molar-refractivity contribution >= 4 is 51.2 Å². The second-order valence-electron chi connectivity index (χ2n) is 9.07. The van der Waals surface area contributed by atoms with Crippen LogP contribution in [-0.4, -0.2) is 41.1 Å². The van der Waals surface area contributed by atoms with Gasteiger partial charge in [-0.15, -0.1) is 11.3 Å². The summed E-state index contributed by atoms with van der Waals surface area (Å²) in [6.45, 7) is 3.79. The SMILES string of the molecule is COc1cccc(C(=O)Nc2cc(-c3csc(-c4sc(NC(=O)NCC(C)(C)N)nc4N)n3)c(F)cc2F)c1. The zero-order valence-electron chi connectivity index (χ0n) is 21.1. The number of ether oxygens (including phenoxy) is 1. The van der Waals surface area contributed by atoms with E-state index < -0.39 is 29.1 Å². The number of hydrogen-bond acceptors (Lipinski definition) is 9. The summed E-state index contributed by atoms with van der Waals surface area (Å²) in [5.41, 5.74) is 11.5. The number of rotatable bonds is 8. The molecule has 0 aliphatic rings. The Morgan fingerprint density at radius 3 is 2.59 bits per heavy atom. The molecule has 10 nitrogen and oxygen atoms in total. The van der Waals surface area contributed by atoms with Crippen molar-refractivity contribution in [2.24, 2.45) is 5.73 Å². The molecule has 0 radical (unpaired) electrons. The molecule has 0 unspecified atom stereocenters. The number of methoxy groups -OCH3 is 1. The van der Waals surface area contributed by atoms with Gasteiger partial charge in [0.25, 0.3) is 5.91 Å². The zero-order chi connectivity index (χ0) is 28.3. The number of nitrogens with one attached hydrogen (secondary N) is 3. The molecule has 4 aromatic rings. The van der Waals surface area contributed by atoms with Crippen molar-refractivity contribution in [2.45, 2.75) is 19.4 Å². The number of benzene rings is 2. The number of hydrogen-bond donors (Lipinski definition) is 5. The van der Waals surface area contributed by atoms with Crippen molar-refractivity contribution in [1.29, 1.82) is 0 Å². The van der Waals surface area contributed by atoms with Crippen LogP contribution in [0.25, 0.3) is 21.1 Å². The minimum atomic E-state index is -0.943. The van der Waals surface area contributed by atoms with E-state index in [0.29, 0.717) is 21.7 Å². The van der Waals surface area contributed by atoms with E-state index in [1.165, 1.54) is 25.3 Å². The van der Waals surface area contributed by atoms with Gasteiger partial charge in [-0.25, -0.2) is 23.5 Å². The zero-order valence-corrected chi connectivity index (χ0v) is 22.7. The largest absolute Gasteiger partial charge is 0.497 e. The van der Waals surface area contributed by atoms with Gasteiger partial charge in [0.05, 0.1) is 18.5 Å². The topological polar surface area (TPSA) is 157 Å². The number of nitrogens with zero attached hydrogens (tertiary/aromatic N) is 2. The van der Waals surface area contributed by atoms with Crippen LogP contribution in [0.4, 0.5) is 30.2 Å². The lowest BCUT2D eigenvalue weighted by molar-refractivity contribution is 0.102. The second kappa shape index (κ2) is 11.3. The molecule has 39 heavy (non-hydrogen) atoms. The van der Waals surface area contributed by atoms with Crippen LogP contribution < -0.4 is 32.2 Å². The summed E-state index contributed by atoms with van der Waals surface area (Å²) >= 11 is 2.25. The number of amides is 3. The number of carbonyl (C=O) groups is 2. The highest BCUT2D eigenvalue weighted by molar-refractivity contribution is 7.23. The van der Waals surface area contributed by atoms with E-state index in [1.54, 1.807) is 31.4 Å². The lowest BCUT2D eigenvalue weighted by Crippen LogP contribution is -2.46. The Morgan fingerprint density at radius 1 is 1.10 bits per heavy atom. The molecule has 0 spiro atoms. The average Bonchev–Trinajstić information content (AvgIpc) is 3.50. The molecule has 0 fully saturated rings. The van der Waals surface area contributed by atoms with Crippen LogP contribution in [0, 0.1) is 11.6 Å². The van der Waals surface area contributed by atoms with Crippen LogP contribution in [0.1, 0.15) is 24.2 Å². The molecule has 14 heteroatoms.